The van der Waals surface area contributed by atoms with E-state index in [0.717, 1.165) is 0 Å². The van der Waals surface area contributed by atoms with Gasteiger partial charge in [0.15, 0.2) is 0 Å². The van der Waals surface area contributed by atoms with Crippen LogP contribution in [-0.2, 0) is 0 Å². The van der Waals surface area contributed by atoms with Gasteiger partial charge in [0.05, 0.1) is 0 Å². The second-order valence-corrected chi connectivity index (χ2v) is 5.42. The third-order valence-electron chi connectivity index (χ3n) is 4.39. The van der Waals surface area contributed by atoms with E-state index in [-0.39, 0.29) is 0 Å². The van der Waals surface area contributed by atoms with E-state index in [1.54, 1.807) is 0 Å². The smallest absolute Gasteiger partial charge is 0.277 e. The first-order chi connectivity index (χ1) is 10.9. The first-order valence-electron chi connectivity index (χ1n) is 7.23. The van der Waals surface area contributed by atoms with Crippen LogP contribution < -0.4 is 0 Å². The van der Waals surface area contributed by atoms with Gasteiger partial charge in [-0.1, -0.05) is 72.8 Å². The fourth-order valence-electron chi connectivity index (χ4n) is 3.58. The molecule has 5 aromatic carbocycles. The van der Waals surface area contributed by atoms with Gasteiger partial charge in [0.25, 0.3) is 8.05 Å². The maximum Gasteiger partial charge on any atom is 0.277 e. The molecule has 1 nitrogen and oxygen atoms in total. The van der Waals surface area contributed by atoms with E-state index in [9.17, 15) is 0 Å². The summed E-state index contributed by atoms with van der Waals surface area (Å²) in [4.78, 5) is 0. The highest BCUT2D eigenvalue weighted by molar-refractivity contribution is 6.32. The Morgan fingerprint density at radius 3 is 1.00 bits per heavy atom. The molecule has 2 radical (unpaired) electrons. The molecule has 0 aliphatic carbocycles. The van der Waals surface area contributed by atoms with Crippen molar-refractivity contribution < 1.29 is 5.02 Å². The predicted molar refractivity (Wildman–Crippen MR) is 95.6 cm³/mol. The van der Waals surface area contributed by atoms with Gasteiger partial charge in [0.2, 0.25) is 0 Å². The molecule has 5 aromatic rings. The summed E-state index contributed by atoms with van der Waals surface area (Å²) in [5, 5.41) is 17.4. The molecule has 5 rings (SSSR count). The van der Waals surface area contributed by atoms with Gasteiger partial charge in [0, 0.05) is 0 Å². The van der Waals surface area contributed by atoms with Gasteiger partial charge in [-0.3, -0.25) is 0 Å². The minimum atomic E-state index is 1.33. The summed E-state index contributed by atoms with van der Waals surface area (Å²) in [7, 11) is 3.50. The van der Waals surface area contributed by atoms with Crippen LogP contribution in [0.3, 0.4) is 0 Å². The molecule has 0 heterocycles. The Labute approximate surface area is 129 Å². The molecular formula is C20H13BO. The Morgan fingerprint density at radius 1 is 0.455 bits per heavy atom. The Balaban J connectivity index is 0.000000602. The van der Waals surface area contributed by atoms with Gasteiger partial charge >= 0.3 is 0 Å². The van der Waals surface area contributed by atoms with Crippen LogP contribution in [0.1, 0.15) is 0 Å². The third-order valence-corrected chi connectivity index (χ3v) is 4.39. The minimum absolute atomic E-state index is 1.33. The third kappa shape index (κ3) is 1.65. The standard InChI is InChI=1S/C20H12.BHO/c1-5-13-6-2-11-17-18-12-4-8-14-7-3-10-16(20(14)18)15(9-1)19(13)17;1-2/h1-12H;2H. The van der Waals surface area contributed by atoms with E-state index in [1.807, 2.05) is 0 Å². The summed E-state index contributed by atoms with van der Waals surface area (Å²) < 4.78 is 0. The molecule has 0 amide bonds. The number of hydrogen-bond donors (Lipinski definition) is 1. The van der Waals surface area contributed by atoms with Crippen molar-refractivity contribution in [1.82, 2.24) is 0 Å². The van der Waals surface area contributed by atoms with Gasteiger partial charge in [-0.25, -0.2) is 0 Å². The van der Waals surface area contributed by atoms with Crippen LogP contribution in [-0.4, -0.2) is 13.1 Å². The summed E-state index contributed by atoms with van der Waals surface area (Å²) in [6.07, 6.45) is 0. The highest BCUT2D eigenvalue weighted by atomic mass is 16.2. The lowest BCUT2D eigenvalue weighted by Gasteiger charge is -2.13. The molecule has 0 aliphatic heterocycles. The number of benzene rings is 5. The molecule has 102 valence electrons. The maximum atomic E-state index is 6.50. The molecule has 0 saturated heterocycles. The Bertz CT molecular complexity index is 929. The maximum absolute atomic E-state index is 6.50. The summed E-state index contributed by atoms with van der Waals surface area (Å²) >= 11 is 0. The number of hydrogen-bond acceptors (Lipinski definition) is 1. The molecule has 0 unspecified atom stereocenters. The largest absolute Gasteiger partial charge is 0.461 e. The van der Waals surface area contributed by atoms with Gasteiger partial charge in [0.1, 0.15) is 0 Å². The van der Waals surface area contributed by atoms with Crippen LogP contribution in [0.15, 0.2) is 72.8 Å². The van der Waals surface area contributed by atoms with Crippen LogP contribution >= 0.6 is 0 Å². The van der Waals surface area contributed by atoms with Crippen molar-refractivity contribution in [3.8, 4) is 0 Å². The van der Waals surface area contributed by atoms with Crippen molar-refractivity contribution in [3.05, 3.63) is 72.8 Å². The lowest BCUT2D eigenvalue weighted by atomic mass is 9.90. The lowest BCUT2D eigenvalue weighted by Crippen LogP contribution is -1.85. The summed E-state index contributed by atoms with van der Waals surface area (Å²) in [6.45, 7) is 0. The highest BCUT2D eigenvalue weighted by Crippen LogP contribution is 2.39. The molecule has 0 spiro atoms. The first kappa shape index (κ1) is 13.1. The molecule has 2 heteroatoms. The van der Waals surface area contributed by atoms with Crippen LogP contribution in [0.4, 0.5) is 0 Å². The van der Waals surface area contributed by atoms with Crippen LogP contribution in [0, 0.1) is 0 Å². The highest BCUT2D eigenvalue weighted by Gasteiger charge is 2.11. The van der Waals surface area contributed by atoms with Crippen molar-refractivity contribution in [2.24, 2.45) is 0 Å². The second-order valence-electron chi connectivity index (χ2n) is 5.42. The quantitative estimate of drug-likeness (QED) is 0.245. The van der Waals surface area contributed by atoms with Gasteiger partial charge in [-0.2, -0.15) is 0 Å². The lowest BCUT2D eigenvalue weighted by molar-refractivity contribution is 0.629. The normalized spacial score (nSPS) is 11.1. The zero-order chi connectivity index (χ0) is 15.1. The zero-order valence-corrected chi connectivity index (χ0v) is 12.0. The molecule has 0 fully saturated rings. The van der Waals surface area contributed by atoms with Crippen LogP contribution in [0.25, 0.3) is 43.1 Å². The monoisotopic (exact) mass is 280 g/mol. The fraction of sp³-hybridized carbons (Fsp3) is 0. The molecule has 0 saturated carbocycles. The molecule has 0 atom stereocenters. The van der Waals surface area contributed by atoms with Gasteiger partial charge in [-0.05, 0) is 43.1 Å². The Morgan fingerprint density at radius 2 is 0.727 bits per heavy atom. The minimum Gasteiger partial charge on any atom is -0.461 e. The molecule has 0 aromatic heterocycles. The first-order valence-corrected chi connectivity index (χ1v) is 7.23. The van der Waals surface area contributed by atoms with E-state index < -0.39 is 0 Å². The number of rotatable bonds is 0. The molecular weight excluding hydrogens is 267 g/mol. The van der Waals surface area contributed by atoms with Crippen molar-refractivity contribution in [2.45, 2.75) is 0 Å². The zero-order valence-electron chi connectivity index (χ0n) is 12.0. The van der Waals surface area contributed by atoms with E-state index >= 15 is 0 Å². The fourth-order valence-corrected chi connectivity index (χ4v) is 3.58. The molecule has 22 heavy (non-hydrogen) atoms. The predicted octanol–water partition coefficient (Wildman–Crippen LogP) is 4.80. The van der Waals surface area contributed by atoms with Crippen molar-refractivity contribution >= 4 is 51.1 Å². The van der Waals surface area contributed by atoms with E-state index in [0.29, 0.717) is 0 Å². The SMILES string of the molecule is [B]O.c1cc2cccc3c4cccc5cccc(c(c1)c23)c54. The molecule has 1 N–H and O–H groups in total. The van der Waals surface area contributed by atoms with Crippen LogP contribution in [0.5, 0.6) is 0 Å². The van der Waals surface area contributed by atoms with Crippen molar-refractivity contribution in [2.75, 3.05) is 0 Å². The van der Waals surface area contributed by atoms with Crippen molar-refractivity contribution in [3.63, 3.8) is 0 Å². The van der Waals surface area contributed by atoms with E-state index in [1.165, 1.54) is 43.1 Å². The average molecular weight is 280 g/mol. The average Bonchev–Trinajstić information content (AvgIpc) is 2.61. The second kappa shape index (κ2) is 5.01. The Kier molecular flexibility index (Phi) is 2.98. The summed E-state index contributed by atoms with van der Waals surface area (Å²) in [5.74, 6) is 0. The van der Waals surface area contributed by atoms with Gasteiger partial charge < -0.3 is 5.02 Å². The summed E-state index contributed by atoms with van der Waals surface area (Å²) in [6, 6.07) is 26.4. The molecule has 0 bridgehead atoms. The van der Waals surface area contributed by atoms with E-state index in [2.05, 4.69) is 80.8 Å². The Hall–Kier alpha value is -2.58. The van der Waals surface area contributed by atoms with Gasteiger partial charge in [-0.15, -0.1) is 0 Å². The van der Waals surface area contributed by atoms with Crippen molar-refractivity contribution in [1.29, 1.82) is 0 Å². The topological polar surface area (TPSA) is 20.2 Å². The summed E-state index contributed by atoms with van der Waals surface area (Å²) in [5.41, 5.74) is 0. The van der Waals surface area contributed by atoms with E-state index in [4.69, 9.17) is 5.02 Å². The van der Waals surface area contributed by atoms with Crippen LogP contribution in [0.2, 0.25) is 0 Å². The number of fused-ring (bicyclic) bond motifs is 2. The molecule has 0 aliphatic rings.